The van der Waals surface area contributed by atoms with Gasteiger partial charge in [-0.15, -0.1) is 0 Å². The topological polar surface area (TPSA) is 26.3 Å². The van der Waals surface area contributed by atoms with Crippen molar-refractivity contribution >= 4 is 21.7 Å². The van der Waals surface area contributed by atoms with Gasteiger partial charge in [-0.2, -0.15) is 8.78 Å². The van der Waals surface area contributed by atoms with Crippen LogP contribution in [0.3, 0.4) is 0 Å². The summed E-state index contributed by atoms with van der Waals surface area (Å²) in [7, 11) is 0. The third-order valence-electron chi connectivity index (χ3n) is 2.17. The van der Waals surface area contributed by atoms with Crippen LogP contribution in [0.25, 0.3) is 0 Å². The molecule has 0 N–H and O–H groups in total. The van der Waals surface area contributed by atoms with Crippen molar-refractivity contribution in [3.8, 4) is 0 Å². The summed E-state index contributed by atoms with van der Waals surface area (Å²) < 4.78 is 79.2. The van der Waals surface area contributed by atoms with Gasteiger partial charge in [0.2, 0.25) is 0 Å². The fourth-order valence-corrected chi connectivity index (χ4v) is 1.53. The lowest BCUT2D eigenvalue weighted by Crippen LogP contribution is -2.33. The highest BCUT2D eigenvalue weighted by atomic mass is 79.9. The highest BCUT2D eigenvalue weighted by molar-refractivity contribution is 9.10. The number of carbonyl (C=O) groups is 1. The van der Waals surface area contributed by atoms with Crippen molar-refractivity contribution in [2.24, 2.45) is 0 Å². The molecular formula is C11H7BrF6O2. The van der Waals surface area contributed by atoms with Crippen molar-refractivity contribution in [1.29, 1.82) is 0 Å². The fraction of sp³-hybridized carbons (Fsp3) is 0.364. The lowest BCUT2D eigenvalue weighted by molar-refractivity contribution is -0.163. The molecule has 0 aliphatic heterocycles. The van der Waals surface area contributed by atoms with Crippen LogP contribution in [0.1, 0.15) is 10.4 Å². The third-order valence-corrected chi connectivity index (χ3v) is 2.78. The van der Waals surface area contributed by atoms with E-state index in [0.717, 1.165) is 12.1 Å². The zero-order valence-electron chi connectivity index (χ0n) is 9.61. The maximum Gasteiger partial charge on any atom is 0.330 e. The Kier molecular flexibility index (Phi) is 5.58. The zero-order valence-corrected chi connectivity index (χ0v) is 11.2. The monoisotopic (exact) mass is 364 g/mol. The lowest BCUT2D eigenvalue weighted by atomic mass is 10.1. The normalized spacial score (nSPS) is 12.0. The molecule has 0 heterocycles. The standard InChI is InChI=1S/C11H7BrF6O2/c12-5-1-2-6(13)8(9(5)14)7(19)3-20-4-11(17,18)10(15)16/h1-2,10H,3-4H2. The second-order valence-electron chi connectivity index (χ2n) is 3.70. The van der Waals surface area contributed by atoms with Gasteiger partial charge in [-0.25, -0.2) is 17.6 Å². The summed E-state index contributed by atoms with van der Waals surface area (Å²) in [4.78, 5) is 11.4. The van der Waals surface area contributed by atoms with E-state index in [1.165, 1.54) is 0 Å². The van der Waals surface area contributed by atoms with Crippen LogP contribution in [0.15, 0.2) is 16.6 Å². The van der Waals surface area contributed by atoms with E-state index in [0.29, 0.717) is 0 Å². The minimum atomic E-state index is -4.44. The first kappa shape index (κ1) is 17.0. The average molecular weight is 365 g/mol. The quantitative estimate of drug-likeness (QED) is 0.435. The predicted octanol–water partition coefficient (Wildman–Crippen LogP) is 3.83. The molecule has 1 aromatic rings. The molecule has 0 aliphatic carbocycles. The molecule has 0 saturated carbocycles. The molecule has 1 rings (SSSR count). The Morgan fingerprint density at radius 1 is 1.30 bits per heavy atom. The molecule has 2 nitrogen and oxygen atoms in total. The highest BCUT2D eigenvalue weighted by Crippen LogP contribution is 2.24. The molecule has 0 aliphatic rings. The van der Waals surface area contributed by atoms with Crippen molar-refractivity contribution in [1.82, 2.24) is 0 Å². The molecule has 0 aromatic heterocycles. The minimum absolute atomic E-state index is 0.208. The number of Topliss-reactive ketones (excluding diaryl/α,β-unsaturated/α-hetero) is 1. The van der Waals surface area contributed by atoms with Gasteiger partial charge in [-0.05, 0) is 28.1 Å². The van der Waals surface area contributed by atoms with Gasteiger partial charge in [0.15, 0.2) is 11.6 Å². The zero-order chi connectivity index (χ0) is 15.5. The van der Waals surface area contributed by atoms with Gasteiger partial charge in [0.1, 0.15) is 19.0 Å². The Labute approximate surface area is 117 Å². The first-order valence-corrected chi connectivity index (χ1v) is 5.86. The number of halogens is 7. The van der Waals surface area contributed by atoms with Gasteiger partial charge in [0.05, 0.1) is 10.0 Å². The number of alkyl halides is 4. The lowest BCUT2D eigenvalue weighted by Gasteiger charge is -2.15. The van der Waals surface area contributed by atoms with Crippen LogP contribution >= 0.6 is 15.9 Å². The second-order valence-corrected chi connectivity index (χ2v) is 4.55. The third kappa shape index (κ3) is 3.95. The molecule has 0 fully saturated rings. The first-order chi connectivity index (χ1) is 9.16. The van der Waals surface area contributed by atoms with Crippen molar-refractivity contribution in [2.45, 2.75) is 12.3 Å². The molecule has 0 atom stereocenters. The van der Waals surface area contributed by atoms with E-state index >= 15 is 0 Å². The van der Waals surface area contributed by atoms with Gasteiger partial charge in [0.25, 0.3) is 0 Å². The smallest absolute Gasteiger partial charge is 0.330 e. The van der Waals surface area contributed by atoms with Gasteiger partial charge in [-0.1, -0.05) is 0 Å². The van der Waals surface area contributed by atoms with Crippen molar-refractivity contribution in [3.63, 3.8) is 0 Å². The Morgan fingerprint density at radius 2 is 1.90 bits per heavy atom. The first-order valence-electron chi connectivity index (χ1n) is 5.07. The maximum absolute atomic E-state index is 13.5. The highest BCUT2D eigenvalue weighted by Gasteiger charge is 2.41. The van der Waals surface area contributed by atoms with Gasteiger partial charge in [0, 0.05) is 0 Å². The van der Waals surface area contributed by atoms with Crippen LogP contribution < -0.4 is 0 Å². The molecule has 0 spiro atoms. The molecule has 0 amide bonds. The van der Waals surface area contributed by atoms with Crippen LogP contribution in [0.4, 0.5) is 26.3 Å². The largest absolute Gasteiger partial charge is 0.367 e. The van der Waals surface area contributed by atoms with E-state index in [2.05, 4.69) is 20.7 Å². The van der Waals surface area contributed by atoms with E-state index in [1.807, 2.05) is 0 Å². The number of benzene rings is 1. The predicted molar refractivity (Wildman–Crippen MR) is 60.2 cm³/mol. The summed E-state index contributed by atoms with van der Waals surface area (Å²) in [6.45, 7) is -2.87. The number of hydrogen-bond donors (Lipinski definition) is 0. The van der Waals surface area contributed by atoms with Crippen molar-refractivity contribution in [3.05, 3.63) is 33.8 Å². The summed E-state index contributed by atoms with van der Waals surface area (Å²) in [5.41, 5.74) is -0.986. The number of hydrogen-bond acceptors (Lipinski definition) is 2. The Bertz CT molecular complexity index is 506. The van der Waals surface area contributed by atoms with Crippen LogP contribution in [0.2, 0.25) is 0 Å². The summed E-state index contributed by atoms with van der Waals surface area (Å²) >= 11 is 2.71. The van der Waals surface area contributed by atoms with Crippen LogP contribution in [0, 0.1) is 11.6 Å². The SMILES string of the molecule is O=C(COCC(F)(F)C(F)F)c1c(F)ccc(Br)c1F. The van der Waals surface area contributed by atoms with Crippen LogP contribution in [0.5, 0.6) is 0 Å². The molecule has 0 radical (unpaired) electrons. The molecular weight excluding hydrogens is 358 g/mol. The summed E-state index contributed by atoms with van der Waals surface area (Å²) in [6, 6.07) is 1.79. The van der Waals surface area contributed by atoms with Crippen molar-refractivity contribution < 1.29 is 35.9 Å². The average Bonchev–Trinajstić information content (AvgIpc) is 2.34. The Morgan fingerprint density at radius 3 is 2.45 bits per heavy atom. The molecule has 0 bridgehead atoms. The molecule has 9 heteroatoms. The molecule has 20 heavy (non-hydrogen) atoms. The Hall–Kier alpha value is -1.09. The molecule has 0 unspecified atom stereocenters. The number of ether oxygens (including phenoxy) is 1. The number of carbonyl (C=O) groups excluding carboxylic acids is 1. The number of rotatable bonds is 6. The molecule has 112 valence electrons. The van der Waals surface area contributed by atoms with E-state index in [9.17, 15) is 31.1 Å². The van der Waals surface area contributed by atoms with Gasteiger partial charge < -0.3 is 4.74 Å². The summed E-state index contributed by atoms with van der Waals surface area (Å²) in [6.07, 6.45) is -3.96. The summed E-state index contributed by atoms with van der Waals surface area (Å²) in [5, 5.41) is 0. The Balaban J connectivity index is 2.72. The fourth-order valence-electron chi connectivity index (χ4n) is 1.20. The van der Waals surface area contributed by atoms with E-state index in [1.54, 1.807) is 0 Å². The molecule has 1 aromatic carbocycles. The minimum Gasteiger partial charge on any atom is -0.367 e. The van der Waals surface area contributed by atoms with Gasteiger partial charge in [-0.3, -0.25) is 4.79 Å². The maximum atomic E-state index is 13.5. The molecule has 0 saturated heterocycles. The van der Waals surface area contributed by atoms with E-state index < -0.39 is 48.5 Å². The van der Waals surface area contributed by atoms with Crippen LogP contribution in [-0.4, -0.2) is 31.3 Å². The summed E-state index contributed by atoms with van der Waals surface area (Å²) in [5.74, 6) is -8.14. The van der Waals surface area contributed by atoms with Crippen LogP contribution in [-0.2, 0) is 4.74 Å². The van der Waals surface area contributed by atoms with E-state index in [4.69, 9.17) is 0 Å². The second kappa shape index (κ2) is 6.57. The van der Waals surface area contributed by atoms with Gasteiger partial charge >= 0.3 is 12.3 Å². The van der Waals surface area contributed by atoms with Crippen molar-refractivity contribution in [2.75, 3.05) is 13.2 Å². The number of ketones is 1. The van der Waals surface area contributed by atoms with E-state index in [-0.39, 0.29) is 4.47 Å².